The van der Waals surface area contributed by atoms with Crippen LogP contribution in [0.15, 0.2) is 36.4 Å². The summed E-state index contributed by atoms with van der Waals surface area (Å²) in [5.41, 5.74) is 10.6. The summed E-state index contributed by atoms with van der Waals surface area (Å²) in [7, 11) is 0. The lowest BCUT2D eigenvalue weighted by molar-refractivity contribution is 0.618. The second-order valence-corrected chi connectivity index (χ2v) is 5.83. The average molecular weight is 275 g/mol. The molecule has 0 spiro atoms. The Bertz CT molecular complexity index is 561. The molecule has 0 saturated heterocycles. The quantitative estimate of drug-likeness (QED) is 0.834. The van der Waals surface area contributed by atoms with E-state index in [9.17, 15) is 4.39 Å². The molecular weight excluding hydrogens is 257 g/mol. The second kappa shape index (κ2) is 6.11. The van der Waals surface area contributed by atoms with Crippen molar-refractivity contribution >= 4 is 17.4 Å². The van der Waals surface area contributed by atoms with Crippen molar-refractivity contribution in [1.82, 2.24) is 0 Å². The molecule has 2 aromatic carbocycles. The molecule has 0 atom stereocenters. The molecule has 2 N–H and O–H groups in total. The van der Waals surface area contributed by atoms with E-state index in [1.807, 2.05) is 0 Å². The van der Waals surface area contributed by atoms with Gasteiger partial charge in [-0.3, -0.25) is 0 Å². The third kappa shape index (κ3) is 4.00. The van der Waals surface area contributed by atoms with E-state index in [4.69, 9.17) is 5.73 Å². The van der Waals surface area contributed by atoms with Gasteiger partial charge in [0.15, 0.2) is 0 Å². The second-order valence-electron chi connectivity index (χ2n) is 4.84. The van der Waals surface area contributed by atoms with Gasteiger partial charge in [-0.1, -0.05) is 35.4 Å². The van der Waals surface area contributed by atoms with Crippen molar-refractivity contribution < 1.29 is 4.39 Å². The molecule has 2 rings (SSSR count). The maximum atomic E-state index is 13.6. The SMILES string of the molecule is Cc1cc(C)cc(CSCc2ccc(N)cc2F)c1. The zero-order valence-corrected chi connectivity index (χ0v) is 12.1. The topological polar surface area (TPSA) is 26.0 Å². The Hall–Kier alpha value is -1.48. The third-order valence-electron chi connectivity index (χ3n) is 2.88. The minimum absolute atomic E-state index is 0.215. The van der Waals surface area contributed by atoms with Gasteiger partial charge in [-0.05, 0) is 37.1 Å². The number of benzene rings is 2. The average Bonchev–Trinajstić information content (AvgIpc) is 2.30. The fourth-order valence-corrected chi connectivity index (χ4v) is 3.07. The van der Waals surface area contributed by atoms with Crippen molar-refractivity contribution in [3.63, 3.8) is 0 Å². The van der Waals surface area contributed by atoms with E-state index in [-0.39, 0.29) is 5.82 Å². The number of aryl methyl sites for hydroxylation is 2. The van der Waals surface area contributed by atoms with Gasteiger partial charge in [0.05, 0.1) is 0 Å². The Balaban J connectivity index is 1.96. The maximum absolute atomic E-state index is 13.6. The van der Waals surface area contributed by atoms with Gasteiger partial charge < -0.3 is 5.73 Å². The molecule has 0 aliphatic heterocycles. The Morgan fingerprint density at radius 3 is 2.32 bits per heavy atom. The van der Waals surface area contributed by atoms with E-state index in [1.165, 1.54) is 22.8 Å². The number of halogens is 1. The van der Waals surface area contributed by atoms with E-state index in [2.05, 4.69) is 32.0 Å². The highest BCUT2D eigenvalue weighted by Crippen LogP contribution is 2.22. The molecule has 3 heteroatoms. The summed E-state index contributed by atoms with van der Waals surface area (Å²) < 4.78 is 13.6. The standard InChI is InChI=1S/C16H18FNS/c1-11-5-12(2)7-13(6-11)9-19-10-14-3-4-15(18)8-16(14)17/h3-8H,9-10,18H2,1-2H3. The molecule has 0 heterocycles. The summed E-state index contributed by atoms with van der Waals surface area (Å²) >= 11 is 1.72. The first kappa shape index (κ1) is 13.9. The predicted molar refractivity (Wildman–Crippen MR) is 81.7 cm³/mol. The number of hydrogen-bond acceptors (Lipinski definition) is 2. The number of hydrogen-bond donors (Lipinski definition) is 1. The Kier molecular flexibility index (Phi) is 4.48. The number of nitrogen functional groups attached to an aromatic ring is 1. The van der Waals surface area contributed by atoms with Crippen molar-refractivity contribution in [2.45, 2.75) is 25.4 Å². The Morgan fingerprint density at radius 2 is 1.68 bits per heavy atom. The van der Waals surface area contributed by atoms with Crippen LogP contribution in [0.25, 0.3) is 0 Å². The zero-order chi connectivity index (χ0) is 13.8. The first-order chi connectivity index (χ1) is 9.04. The molecule has 0 aliphatic carbocycles. The minimum Gasteiger partial charge on any atom is -0.399 e. The number of rotatable bonds is 4. The highest BCUT2D eigenvalue weighted by molar-refractivity contribution is 7.97. The number of anilines is 1. The van der Waals surface area contributed by atoms with Crippen LogP contribution in [0.5, 0.6) is 0 Å². The van der Waals surface area contributed by atoms with Crippen LogP contribution in [0.2, 0.25) is 0 Å². The summed E-state index contributed by atoms with van der Waals surface area (Å²) in [6.45, 7) is 4.20. The zero-order valence-electron chi connectivity index (χ0n) is 11.2. The molecule has 0 aliphatic rings. The Morgan fingerprint density at radius 1 is 1.00 bits per heavy atom. The molecule has 19 heavy (non-hydrogen) atoms. The van der Waals surface area contributed by atoms with Crippen molar-refractivity contribution in [3.05, 3.63) is 64.5 Å². The van der Waals surface area contributed by atoms with Crippen LogP contribution in [0.4, 0.5) is 10.1 Å². The van der Waals surface area contributed by atoms with Gasteiger partial charge in [0.25, 0.3) is 0 Å². The highest BCUT2D eigenvalue weighted by atomic mass is 32.2. The summed E-state index contributed by atoms with van der Waals surface area (Å²) in [6.07, 6.45) is 0. The van der Waals surface area contributed by atoms with E-state index in [0.29, 0.717) is 17.0 Å². The van der Waals surface area contributed by atoms with Gasteiger partial charge >= 0.3 is 0 Å². The monoisotopic (exact) mass is 275 g/mol. The largest absolute Gasteiger partial charge is 0.399 e. The number of nitrogens with two attached hydrogens (primary N) is 1. The van der Waals surface area contributed by atoms with Crippen LogP contribution in [-0.4, -0.2) is 0 Å². The van der Waals surface area contributed by atoms with Crippen LogP contribution in [0, 0.1) is 19.7 Å². The maximum Gasteiger partial charge on any atom is 0.129 e. The lowest BCUT2D eigenvalue weighted by Gasteiger charge is -2.06. The normalized spacial score (nSPS) is 10.7. The van der Waals surface area contributed by atoms with Crippen molar-refractivity contribution in [2.75, 3.05) is 5.73 Å². The lowest BCUT2D eigenvalue weighted by atomic mass is 10.1. The van der Waals surface area contributed by atoms with Crippen molar-refractivity contribution in [1.29, 1.82) is 0 Å². The molecule has 0 saturated carbocycles. The molecule has 0 unspecified atom stereocenters. The van der Waals surface area contributed by atoms with E-state index >= 15 is 0 Å². The molecule has 0 bridgehead atoms. The smallest absolute Gasteiger partial charge is 0.129 e. The van der Waals surface area contributed by atoms with Crippen LogP contribution < -0.4 is 5.73 Å². The molecular formula is C16H18FNS. The summed E-state index contributed by atoms with van der Waals surface area (Å²) in [6, 6.07) is 11.4. The summed E-state index contributed by atoms with van der Waals surface area (Å²) in [5.74, 6) is 1.35. The van der Waals surface area contributed by atoms with Gasteiger partial charge in [0, 0.05) is 17.2 Å². The van der Waals surface area contributed by atoms with Gasteiger partial charge in [-0.25, -0.2) is 4.39 Å². The van der Waals surface area contributed by atoms with Crippen LogP contribution in [-0.2, 0) is 11.5 Å². The van der Waals surface area contributed by atoms with Crippen LogP contribution in [0.3, 0.4) is 0 Å². The third-order valence-corrected chi connectivity index (χ3v) is 3.94. The van der Waals surface area contributed by atoms with E-state index in [0.717, 1.165) is 5.75 Å². The molecule has 0 amide bonds. The van der Waals surface area contributed by atoms with E-state index in [1.54, 1.807) is 23.9 Å². The van der Waals surface area contributed by atoms with Crippen LogP contribution >= 0.6 is 11.8 Å². The van der Waals surface area contributed by atoms with Gasteiger partial charge in [0.1, 0.15) is 5.82 Å². The van der Waals surface area contributed by atoms with Gasteiger partial charge in [-0.2, -0.15) is 11.8 Å². The fraction of sp³-hybridized carbons (Fsp3) is 0.250. The fourth-order valence-electron chi connectivity index (χ4n) is 2.11. The van der Waals surface area contributed by atoms with Crippen LogP contribution in [0.1, 0.15) is 22.3 Å². The molecule has 0 radical (unpaired) electrons. The summed E-state index contributed by atoms with van der Waals surface area (Å²) in [5, 5.41) is 0. The van der Waals surface area contributed by atoms with Gasteiger partial charge in [-0.15, -0.1) is 0 Å². The first-order valence-corrected chi connectivity index (χ1v) is 7.39. The molecule has 0 fully saturated rings. The molecule has 1 nitrogen and oxygen atoms in total. The van der Waals surface area contributed by atoms with E-state index < -0.39 is 0 Å². The highest BCUT2D eigenvalue weighted by Gasteiger charge is 2.03. The predicted octanol–water partition coefficient (Wildman–Crippen LogP) is 4.46. The Labute approximate surface area is 118 Å². The number of thioether (sulfide) groups is 1. The molecule has 2 aromatic rings. The molecule has 0 aromatic heterocycles. The first-order valence-electron chi connectivity index (χ1n) is 6.23. The minimum atomic E-state index is -0.215. The van der Waals surface area contributed by atoms with Gasteiger partial charge in [0.2, 0.25) is 0 Å². The van der Waals surface area contributed by atoms with Crippen molar-refractivity contribution in [3.8, 4) is 0 Å². The van der Waals surface area contributed by atoms with Crippen molar-refractivity contribution in [2.24, 2.45) is 0 Å². The lowest BCUT2D eigenvalue weighted by Crippen LogP contribution is -1.92. The molecule has 100 valence electrons. The summed E-state index contributed by atoms with van der Waals surface area (Å²) in [4.78, 5) is 0.